The molecule has 1 aliphatic heterocycles. The van der Waals surface area contributed by atoms with E-state index in [1.165, 1.54) is 11.4 Å². The summed E-state index contributed by atoms with van der Waals surface area (Å²) in [6, 6.07) is 0. The van der Waals surface area contributed by atoms with E-state index in [0.29, 0.717) is 11.8 Å². The molecule has 0 fully saturated rings. The van der Waals surface area contributed by atoms with E-state index in [1.54, 1.807) is 0 Å². The Balaban J connectivity index is 0.000000531. The average molecular weight is 203 g/mol. The number of nitrogens with one attached hydrogen (secondary N) is 1. The normalized spacial score (nSPS) is 33.1. The molecule has 0 aromatic carbocycles. The maximum absolute atomic E-state index is 3.39. The number of fused-ring (bicyclic) bond motifs is 1. The van der Waals surface area contributed by atoms with Crippen LogP contribution in [0.25, 0.3) is 0 Å². The van der Waals surface area contributed by atoms with E-state index in [1.807, 2.05) is 13.8 Å². The molecule has 0 radical (unpaired) electrons. The van der Waals surface area contributed by atoms with Crippen LogP contribution in [0.1, 0.15) is 27.7 Å². The minimum Gasteiger partial charge on any atom is -0.362 e. The largest absolute Gasteiger partial charge is 0.362 e. The van der Waals surface area contributed by atoms with Crippen molar-refractivity contribution in [1.82, 2.24) is 5.32 Å². The first-order valence-electron chi connectivity index (χ1n) is 5.78. The van der Waals surface area contributed by atoms with Crippen LogP contribution in [0.15, 0.2) is 47.9 Å². The lowest BCUT2D eigenvalue weighted by molar-refractivity contribution is 0.835. The topological polar surface area (TPSA) is 12.0 Å². The van der Waals surface area contributed by atoms with E-state index in [4.69, 9.17) is 0 Å². The van der Waals surface area contributed by atoms with Gasteiger partial charge in [-0.3, -0.25) is 0 Å². The minimum atomic E-state index is 0.465. The monoisotopic (exact) mass is 203 g/mol. The van der Waals surface area contributed by atoms with Crippen LogP contribution in [0.5, 0.6) is 0 Å². The van der Waals surface area contributed by atoms with Gasteiger partial charge in [-0.05, 0) is 12.8 Å². The van der Waals surface area contributed by atoms with E-state index in [0.717, 1.165) is 0 Å². The molecule has 0 aromatic rings. The third-order valence-electron chi connectivity index (χ3n) is 2.42. The second-order valence-electron chi connectivity index (χ2n) is 3.75. The smallest absolute Gasteiger partial charge is 0.0370 e. The molecule has 1 heteroatoms. The summed E-state index contributed by atoms with van der Waals surface area (Å²) in [5.41, 5.74) is 2.58. The molecule has 1 heterocycles. The van der Waals surface area contributed by atoms with E-state index in [9.17, 15) is 0 Å². The van der Waals surface area contributed by atoms with Gasteiger partial charge in [-0.25, -0.2) is 0 Å². The third kappa shape index (κ3) is 3.12. The van der Waals surface area contributed by atoms with Crippen molar-refractivity contribution in [3.8, 4) is 0 Å². The summed E-state index contributed by atoms with van der Waals surface area (Å²) in [4.78, 5) is 0. The van der Waals surface area contributed by atoms with E-state index >= 15 is 0 Å². The molecule has 1 nitrogen and oxygen atoms in total. The number of rotatable bonds is 0. The summed E-state index contributed by atoms with van der Waals surface area (Å²) in [7, 11) is 0. The Bertz CT molecular complexity index is 318. The van der Waals surface area contributed by atoms with Crippen molar-refractivity contribution in [2.45, 2.75) is 27.7 Å². The van der Waals surface area contributed by atoms with Crippen molar-refractivity contribution >= 4 is 0 Å². The molecular weight excluding hydrogens is 182 g/mol. The van der Waals surface area contributed by atoms with Crippen LogP contribution >= 0.6 is 0 Å². The van der Waals surface area contributed by atoms with Gasteiger partial charge < -0.3 is 5.32 Å². The van der Waals surface area contributed by atoms with Gasteiger partial charge in [-0.15, -0.1) is 0 Å². The predicted molar refractivity (Wildman–Crippen MR) is 67.3 cm³/mol. The molecule has 2 atom stereocenters. The zero-order valence-electron chi connectivity index (χ0n) is 10.1. The van der Waals surface area contributed by atoms with Crippen molar-refractivity contribution < 1.29 is 0 Å². The summed E-state index contributed by atoms with van der Waals surface area (Å²) >= 11 is 0. The fourth-order valence-electron chi connectivity index (χ4n) is 1.79. The minimum absolute atomic E-state index is 0.465. The van der Waals surface area contributed by atoms with Gasteiger partial charge >= 0.3 is 0 Å². The summed E-state index contributed by atoms with van der Waals surface area (Å²) < 4.78 is 0. The third-order valence-corrected chi connectivity index (χ3v) is 2.42. The Morgan fingerprint density at radius 1 is 1.07 bits per heavy atom. The maximum atomic E-state index is 3.39. The summed E-state index contributed by atoms with van der Waals surface area (Å²) in [6.07, 6.45) is 13.2. The standard InChI is InChI=1S/C12H15N.C2H6/c1-9-5-3-4-6-11-8-10(2)13-12(11)7-9;1-2/h3-9,11,13H,1-2H3;1-2H3/b5-3-,6-4?,12-7+;. The van der Waals surface area contributed by atoms with Crippen LogP contribution < -0.4 is 5.32 Å². The first kappa shape index (κ1) is 11.8. The fraction of sp³-hybridized carbons (Fsp3) is 0.429. The van der Waals surface area contributed by atoms with Crippen molar-refractivity contribution in [2.24, 2.45) is 11.8 Å². The Morgan fingerprint density at radius 2 is 1.73 bits per heavy atom. The number of hydrogen-bond acceptors (Lipinski definition) is 1. The molecule has 0 bridgehead atoms. The fourth-order valence-corrected chi connectivity index (χ4v) is 1.79. The first-order valence-corrected chi connectivity index (χ1v) is 5.78. The number of allylic oxidation sites excluding steroid dienone is 6. The first-order chi connectivity index (χ1) is 7.25. The molecule has 0 amide bonds. The molecule has 2 unspecified atom stereocenters. The van der Waals surface area contributed by atoms with Crippen molar-refractivity contribution in [3.05, 3.63) is 47.9 Å². The van der Waals surface area contributed by atoms with Gasteiger partial charge in [0.05, 0.1) is 0 Å². The van der Waals surface area contributed by atoms with Gasteiger partial charge in [0.25, 0.3) is 0 Å². The SMILES string of the molecule is CC.CC1=CC2C=C/C=C\C(C)/C=C\2N1. The van der Waals surface area contributed by atoms with Crippen molar-refractivity contribution in [3.63, 3.8) is 0 Å². The maximum Gasteiger partial charge on any atom is 0.0370 e. The zero-order valence-corrected chi connectivity index (χ0v) is 10.1. The molecule has 0 aromatic heterocycles. The summed E-state index contributed by atoms with van der Waals surface area (Å²) in [5.74, 6) is 0.988. The summed E-state index contributed by atoms with van der Waals surface area (Å²) in [5, 5.41) is 3.39. The average Bonchev–Trinajstić information content (AvgIpc) is 2.54. The number of hydrogen-bond donors (Lipinski definition) is 1. The molecule has 82 valence electrons. The molecule has 2 aliphatic rings. The van der Waals surface area contributed by atoms with Crippen LogP contribution in [0.2, 0.25) is 0 Å². The lowest BCUT2D eigenvalue weighted by Gasteiger charge is -2.11. The second-order valence-corrected chi connectivity index (χ2v) is 3.75. The van der Waals surface area contributed by atoms with Crippen LogP contribution in [-0.4, -0.2) is 0 Å². The van der Waals surface area contributed by atoms with Gasteiger partial charge in [-0.1, -0.05) is 57.2 Å². The Hall–Kier alpha value is -1.24. The highest BCUT2D eigenvalue weighted by Crippen LogP contribution is 2.24. The Labute approximate surface area is 93.3 Å². The second kappa shape index (κ2) is 5.59. The quantitative estimate of drug-likeness (QED) is 0.631. The van der Waals surface area contributed by atoms with Crippen LogP contribution in [0.4, 0.5) is 0 Å². The highest BCUT2D eigenvalue weighted by atomic mass is 14.9. The zero-order chi connectivity index (χ0) is 11.3. The van der Waals surface area contributed by atoms with Crippen molar-refractivity contribution in [1.29, 1.82) is 0 Å². The molecule has 1 N–H and O–H groups in total. The van der Waals surface area contributed by atoms with E-state index in [2.05, 4.69) is 55.6 Å². The van der Waals surface area contributed by atoms with E-state index in [-0.39, 0.29) is 0 Å². The lowest BCUT2D eigenvalue weighted by Crippen LogP contribution is -2.09. The van der Waals surface area contributed by atoms with Gasteiger partial charge in [-0.2, -0.15) is 0 Å². The Morgan fingerprint density at radius 3 is 2.47 bits per heavy atom. The predicted octanol–water partition coefficient (Wildman–Crippen LogP) is 3.78. The molecular formula is C14H21N. The lowest BCUT2D eigenvalue weighted by atomic mass is 10.00. The van der Waals surface area contributed by atoms with E-state index < -0.39 is 0 Å². The highest BCUT2D eigenvalue weighted by molar-refractivity contribution is 5.33. The van der Waals surface area contributed by atoms with Gasteiger partial charge in [0.15, 0.2) is 0 Å². The van der Waals surface area contributed by atoms with Crippen LogP contribution in [0, 0.1) is 11.8 Å². The summed E-state index contributed by atoms with van der Waals surface area (Å²) in [6.45, 7) is 8.31. The molecule has 1 aliphatic carbocycles. The molecule has 15 heavy (non-hydrogen) atoms. The highest BCUT2D eigenvalue weighted by Gasteiger charge is 2.16. The van der Waals surface area contributed by atoms with Crippen LogP contribution in [-0.2, 0) is 0 Å². The van der Waals surface area contributed by atoms with Gasteiger partial charge in [0.2, 0.25) is 0 Å². The molecule has 0 saturated carbocycles. The molecule has 2 rings (SSSR count). The molecule has 0 spiro atoms. The van der Waals surface area contributed by atoms with Crippen molar-refractivity contribution in [2.75, 3.05) is 0 Å². The Kier molecular flexibility index (Phi) is 4.41. The van der Waals surface area contributed by atoms with Crippen LogP contribution in [0.3, 0.4) is 0 Å². The van der Waals surface area contributed by atoms with Gasteiger partial charge in [0, 0.05) is 17.3 Å². The van der Waals surface area contributed by atoms with Gasteiger partial charge in [0.1, 0.15) is 0 Å². The molecule has 0 saturated heterocycles.